The molecular formula is C20H13ClN2O5S. The zero-order valence-electron chi connectivity index (χ0n) is 14.6. The van der Waals surface area contributed by atoms with Gasteiger partial charge in [0.15, 0.2) is 0 Å². The SMILES string of the molecule is NC(=O)c1ccc(-n2c(-c3ccc(O)cc3Cl)cc3sc(C(=O)O)cc32)cc1O. The average molecular weight is 429 g/mol. The van der Waals surface area contributed by atoms with Crippen molar-refractivity contribution in [1.29, 1.82) is 0 Å². The molecule has 2 heterocycles. The largest absolute Gasteiger partial charge is 0.508 e. The first-order valence-electron chi connectivity index (χ1n) is 8.27. The van der Waals surface area contributed by atoms with E-state index in [-0.39, 0.29) is 21.9 Å². The fourth-order valence-electron chi connectivity index (χ4n) is 3.15. The minimum atomic E-state index is -1.05. The van der Waals surface area contributed by atoms with Crippen LogP contribution < -0.4 is 5.73 Å². The molecule has 0 fully saturated rings. The molecule has 2 aromatic carbocycles. The number of carboxylic acids is 1. The number of nitrogens with two attached hydrogens (primary N) is 1. The van der Waals surface area contributed by atoms with Crippen LogP contribution >= 0.6 is 22.9 Å². The maximum absolute atomic E-state index is 11.4. The monoisotopic (exact) mass is 428 g/mol. The van der Waals surface area contributed by atoms with Crippen molar-refractivity contribution in [3.8, 4) is 28.4 Å². The van der Waals surface area contributed by atoms with Crippen LogP contribution in [0.3, 0.4) is 0 Å². The number of carbonyl (C=O) groups is 2. The lowest BCUT2D eigenvalue weighted by Crippen LogP contribution is -2.11. The highest BCUT2D eigenvalue weighted by Crippen LogP contribution is 2.40. The van der Waals surface area contributed by atoms with Crippen LogP contribution in [-0.4, -0.2) is 31.8 Å². The predicted octanol–water partition coefficient (Wildman–Crippen LogP) is 4.22. The Bertz CT molecular complexity index is 1310. The molecule has 9 heteroatoms. The van der Waals surface area contributed by atoms with Gasteiger partial charge in [0.05, 0.1) is 26.5 Å². The number of thiophene rings is 1. The number of carbonyl (C=O) groups excluding carboxylic acids is 1. The Labute approximate surface area is 172 Å². The fourth-order valence-corrected chi connectivity index (χ4v) is 4.34. The van der Waals surface area contributed by atoms with Crippen molar-refractivity contribution in [3.05, 3.63) is 64.0 Å². The zero-order chi connectivity index (χ0) is 20.9. The van der Waals surface area contributed by atoms with Gasteiger partial charge in [-0.15, -0.1) is 11.3 Å². The normalized spacial score (nSPS) is 11.1. The number of nitrogens with zero attached hydrogens (tertiary/aromatic N) is 1. The summed E-state index contributed by atoms with van der Waals surface area (Å²) in [6.07, 6.45) is 0. The number of rotatable bonds is 4. The molecule has 5 N–H and O–H groups in total. The van der Waals surface area contributed by atoms with E-state index in [1.165, 1.54) is 30.3 Å². The number of fused-ring (bicyclic) bond motifs is 1. The van der Waals surface area contributed by atoms with Gasteiger partial charge in [-0.05, 0) is 42.5 Å². The highest BCUT2D eigenvalue weighted by Gasteiger charge is 2.20. The van der Waals surface area contributed by atoms with Crippen LogP contribution in [0.5, 0.6) is 11.5 Å². The number of carboxylic acid groups (broad SMARTS) is 1. The lowest BCUT2D eigenvalue weighted by Gasteiger charge is -2.13. The van der Waals surface area contributed by atoms with E-state index in [0.29, 0.717) is 32.2 Å². The number of phenolic OH excluding ortho intramolecular Hbond substituents is 1. The third-order valence-electron chi connectivity index (χ3n) is 4.43. The standard InChI is InChI=1S/C20H13ClN2O5S/c21-13-6-10(24)2-4-11(13)14-7-17-15(8-18(29-17)20(27)28)23(14)9-1-3-12(19(22)26)16(25)5-9/h1-8,24-25H,(H2,22,26)(H,27,28). The Morgan fingerprint density at radius 1 is 1.03 bits per heavy atom. The molecule has 29 heavy (non-hydrogen) atoms. The Balaban J connectivity index is 2.02. The molecule has 146 valence electrons. The first kappa shape index (κ1) is 18.9. The van der Waals surface area contributed by atoms with Gasteiger partial charge in [-0.25, -0.2) is 4.79 Å². The summed E-state index contributed by atoms with van der Waals surface area (Å²) < 4.78 is 2.42. The molecule has 0 radical (unpaired) electrons. The summed E-state index contributed by atoms with van der Waals surface area (Å²) in [6.45, 7) is 0. The number of aromatic carboxylic acids is 1. The number of hydrogen-bond acceptors (Lipinski definition) is 5. The van der Waals surface area contributed by atoms with Crippen LogP contribution in [0.4, 0.5) is 0 Å². The first-order chi connectivity index (χ1) is 13.8. The molecule has 0 saturated carbocycles. The summed E-state index contributed by atoms with van der Waals surface area (Å²) in [7, 11) is 0. The molecule has 1 amide bonds. The topological polar surface area (TPSA) is 126 Å². The molecule has 0 aliphatic carbocycles. The molecule has 0 aliphatic rings. The van der Waals surface area contributed by atoms with Gasteiger partial charge in [0.25, 0.3) is 5.91 Å². The van der Waals surface area contributed by atoms with Gasteiger partial charge in [0.2, 0.25) is 0 Å². The van der Waals surface area contributed by atoms with Crippen LogP contribution in [0.2, 0.25) is 5.02 Å². The second kappa shape index (κ2) is 6.84. The van der Waals surface area contributed by atoms with Crippen molar-refractivity contribution in [2.45, 2.75) is 0 Å². The lowest BCUT2D eigenvalue weighted by atomic mass is 10.1. The van der Waals surface area contributed by atoms with E-state index < -0.39 is 11.9 Å². The molecule has 2 aromatic heterocycles. The number of benzene rings is 2. The van der Waals surface area contributed by atoms with Gasteiger partial charge in [-0.2, -0.15) is 0 Å². The summed E-state index contributed by atoms with van der Waals surface area (Å²) in [5.41, 5.74) is 7.53. The third-order valence-corrected chi connectivity index (χ3v) is 5.81. The Morgan fingerprint density at radius 2 is 1.79 bits per heavy atom. The van der Waals surface area contributed by atoms with Gasteiger partial charge < -0.3 is 25.6 Å². The number of aromatic nitrogens is 1. The highest BCUT2D eigenvalue weighted by atomic mass is 35.5. The molecule has 0 bridgehead atoms. The van der Waals surface area contributed by atoms with Gasteiger partial charge in [-0.3, -0.25) is 4.79 Å². The summed E-state index contributed by atoms with van der Waals surface area (Å²) in [6, 6.07) is 12.2. The Hall–Kier alpha value is -3.49. The van der Waals surface area contributed by atoms with Crippen molar-refractivity contribution in [3.63, 3.8) is 0 Å². The van der Waals surface area contributed by atoms with Gasteiger partial charge >= 0.3 is 5.97 Å². The molecule has 0 atom stereocenters. The van der Waals surface area contributed by atoms with Crippen molar-refractivity contribution in [1.82, 2.24) is 4.57 Å². The molecule has 0 spiro atoms. The molecule has 0 aliphatic heterocycles. The third kappa shape index (κ3) is 3.18. The molecule has 0 unspecified atom stereocenters. The summed E-state index contributed by atoms with van der Waals surface area (Å²) >= 11 is 7.42. The number of phenols is 2. The van der Waals surface area contributed by atoms with Crippen LogP contribution in [0.15, 0.2) is 48.5 Å². The highest BCUT2D eigenvalue weighted by molar-refractivity contribution is 7.20. The Morgan fingerprint density at radius 3 is 2.41 bits per heavy atom. The summed E-state index contributed by atoms with van der Waals surface area (Å²) in [5.74, 6) is -2.10. The second-order valence-corrected chi connectivity index (χ2v) is 7.75. The zero-order valence-corrected chi connectivity index (χ0v) is 16.2. The maximum Gasteiger partial charge on any atom is 0.345 e. The summed E-state index contributed by atoms with van der Waals surface area (Å²) in [5, 5.41) is 29.5. The smallest absolute Gasteiger partial charge is 0.345 e. The van der Waals surface area contributed by atoms with E-state index in [4.69, 9.17) is 17.3 Å². The number of hydrogen-bond donors (Lipinski definition) is 4. The summed E-state index contributed by atoms with van der Waals surface area (Å²) in [4.78, 5) is 23.0. The quantitative estimate of drug-likeness (QED) is 0.387. The number of aromatic hydroxyl groups is 2. The van der Waals surface area contributed by atoms with Crippen molar-refractivity contribution in [2.24, 2.45) is 5.73 Å². The number of halogens is 1. The van der Waals surface area contributed by atoms with E-state index in [1.54, 1.807) is 22.8 Å². The average Bonchev–Trinajstić information content (AvgIpc) is 3.19. The molecule has 7 nitrogen and oxygen atoms in total. The van der Waals surface area contributed by atoms with Crippen LogP contribution in [-0.2, 0) is 0 Å². The Kier molecular flexibility index (Phi) is 4.45. The predicted molar refractivity (Wildman–Crippen MR) is 110 cm³/mol. The van der Waals surface area contributed by atoms with E-state index in [9.17, 15) is 24.9 Å². The number of primary amides is 1. The van der Waals surface area contributed by atoms with E-state index in [1.807, 2.05) is 0 Å². The van der Waals surface area contributed by atoms with Gasteiger partial charge in [0, 0.05) is 17.3 Å². The minimum Gasteiger partial charge on any atom is -0.508 e. The first-order valence-corrected chi connectivity index (χ1v) is 9.46. The molecule has 0 saturated heterocycles. The lowest BCUT2D eigenvalue weighted by molar-refractivity contribution is 0.0702. The van der Waals surface area contributed by atoms with E-state index in [0.717, 1.165) is 11.3 Å². The molecular weight excluding hydrogens is 416 g/mol. The van der Waals surface area contributed by atoms with E-state index in [2.05, 4.69) is 0 Å². The van der Waals surface area contributed by atoms with Crippen molar-refractivity contribution >= 4 is 45.0 Å². The van der Waals surface area contributed by atoms with E-state index >= 15 is 0 Å². The van der Waals surface area contributed by atoms with Crippen LogP contribution in [0, 0.1) is 0 Å². The van der Waals surface area contributed by atoms with Gasteiger partial charge in [-0.1, -0.05) is 11.6 Å². The minimum absolute atomic E-state index is 0.00953. The molecule has 4 aromatic rings. The van der Waals surface area contributed by atoms with Gasteiger partial charge in [0.1, 0.15) is 16.4 Å². The number of amides is 1. The van der Waals surface area contributed by atoms with Crippen LogP contribution in [0.25, 0.3) is 27.2 Å². The second-order valence-electron chi connectivity index (χ2n) is 6.26. The van der Waals surface area contributed by atoms with Crippen molar-refractivity contribution in [2.75, 3.05) is 0 Å². The fraction of sp³-hybridized carbons (Fsp3) is 0. The molecule has 4 rings (SSSR count). The maximum atomic E-state index is 11.4. The van der Waals surface area contributed by atoms with Crippen molar-refractivity contribution < 1.29 is 24.9 Å². The van der Waals surface area contributed by atoms with Crippen LogP contribution in [0.1, 0.15) is 20.0 Å².